The van der Waals surface area contributed by atoms with Gasteiger partial charge in [0.25, 0.3) is 6.43 Å². The maximum absolute atomic E-state index is 12.3. The molecule has 0 fully saturated rings. The van der Waals surface area contributed by atoms with Gasteiger partial charge in [-0.25, -0.2) is 13.5 Å². The predicted octanol–water partition coefficient (Wildman–Crippen LogP) is 2.97. The third-order valence-electron chi connectivity index (χ3n) is 1.81. The van der Waals surface area contributed by atoms with Crippen molar-refractivity contribution < 1.29 is 8.78 Å². The SMILES string of the molecule is FC(F)c1cn(-c2cccc(Br)c2)nn1. The molecule has 0 spiro atoms. The number of aromatic nitrogens is 3. The molecule has 15 heavy (non-hydrogen) atoms. The Morgan fingerprint density at radius 2 is 2.13 bits per heavy atom. The van der Waals surface area contributed by atoms with Crippen LogP contribution in [-0.2, 0) is 0 Å². The number of halogens is 3. The topological polar surface area (TPSA) is 30.7 Å². The summed E-state index contributed by atoms with van der Waals surface area (Å²) in [5.41, 5.74) is 0.360. The van der Waals surface area contributed by atoms with Crippen LogP contribution in [0.15, 0.2) is 34.9 Å². The molecule has 0 aliphatic rings. The van der Waals surface area contributed by atoms with Crippen molar-refractivity contribution >= 4 is 15.9 Å². The van der Waals surface area contributed by atoms with Crippen molar-refractivity contribution in [2.24, 2.45) is 0 Å². The van der Waals surface area contributed by atoms with Crippen LogP contribution in [0.5, 0.6) is 0 Å². The van der Waals surface area contributed by atoms with Crippen LogP contribution < -0.4 is 0 Å². The molecule has 1 heterocycles. The first kappa shape index (κ1) is 10.2. The largest absolute Gasteiger partial charge is 0.283 e. The summed E-state index contributed by atoms with van der Waals surface area (Å²) in [5, 5.41) is 6.98. The van der Waals surface area contributed by atoms with Crippen LogP contribution in [0.4, 0.5) is 8.78 Å². The zero-order valence-electron chi connectivity index (χ0n) is 7.44. The van der Waals surface area contributed by atoms with Gasteiger partial charge in [0.15, 0.2) is 0 Å². The van der Waals surface area contributed by atoms with Gasteiger partial charge in [0, 0.05) is 4.47 Å². The van der Waals surface area contributed by atoms with Crippen LogP contribution in [0, 0.1) is 0 Å². The second kappa shape index (κ2) is 4.06. The Morgan fingerprint density at radius 1 is 1.33 bits per heavy atom. The molecular weight excluding hydrogens is 268 g/mol. The molecule has 0 unspecified atom stereocenters. The Bertz CT molecular complexity index is 470. The first-order valence-electron chi connectivity index (χ1n) is 4.13. The highest BCUT2D eigenvalue weighted by atomic mass is 79.9. The van der Waals surface area contributed by atoms with Gasteiger partial charge in [-0.3, -0.25) is 0 Å². The number of alkyl halides is 2. The lowest BCUT2D eigenvalue weighted by atomic mass is 10.3. The van der Waals surface area contributed by atoms with Gasteiger partial charge in [0.1, 0.15) is 5.69 Å². The van der Waals surface area contributed by atoms with Crippen LogP contribution in [0.3, 0.4) is 0 Å². The quantitative estimate of drug-likeness (QED) is 0.842. The highest BCUT2D eigenvalue weighted by Crippen LogP contribution is 2.18. The number of rotatable bonds is 2. The van der Waals surface area contributed by atoms with Gasteiger partial charge in [-0.2, -0.15) is 0 Å². The summed E-state index contributed by atoms with van der Waals surface area (Å²) in [6.45, 7) is 0. The van der Waals surface area contributed by atoms with Gasteiger partial charge in [-0.1, -0.05) is 27.2 Å². The minimum Gasteiger partial charge on any atom is -0.220 e. The summed E-state index contributed by atoms with van der Waals surface area (Å²) in [6.07, 6.45) is -1.38. The van der Waals surface area contributed by atoms with Crippen LogP contribution in [0.1, 0.15) is 12.1 Å². The molecule has 3 nitrogen and oxygen atoms in total. The normalized spacial score (nSPS) is 10.9. The molecule has 1 aromatic heterocycles. The first-order chi connectivity index (χ1) is 7.16. The number of benzene rings is 1. The second-order valence-electron chi connectivity index (χ2n) is 2.87. The molecule has 0 aliphatic heterocycles. The van der Waals surface area contributed by atoms with E-state index in [1.807, 2.05) is 6.07 Å². The Kier molecular flexibility index (Phi) is 2.77. The van der Waals surface area contributed by atoms with E-state index in [-0.39, 0.29) is 5.69 Å². The average molecular weight is 274 g/mol. The van der Waals surface area contributed by atoms with Crippen LogP contribution in [0.2, 0.25) is 0 Å². The van der Waals surface area contributed by atoms with Gasteiger partial charge in [-0.05, 0) is 18.2 Å². The van der Waals surface area contributed by atoms with Gasteiger partial charge in [0.05, 0.1) is 11.9 Å². The van der Waals surface area contributed by atoms with Gasteiger partial charge in [-0.15, -0.1) is 5.10 Å². The van der Waals surface area contributed by atoms with E-state index in [0.717, 1.165) is 4.47 Å². The minimum absolute atomic E-state index is 0.324. The average Bonchev–Trinajstić information content (AvgIpc) is 2.66. The summed E-state index contributed by atoms with van der Waals surface area (Å²) in [5.74, 6) is 0. The fourth-order valence-corrected chi connectivity index (χ4v) is 1.51. The van der Waals surface area contributed by atoms with E-state index < -0.39 is 6.43 Å². The maximum atomic E-state index is 12.3. The van der Waals surface area contributed by atoms with Gasteiger partial charge >= 0.3 is 0 Å². The Balaban J connectivity index is 2.37. The van der Waals surface area contributed by atoms with Gasteiger partial charge in [0.2, 0.25) is 0 Å². The summed E-state index contributed by atoms with van der Waals surface area (Å²) >= 11 is 3.29. The molecule has 78 valence electrons. The van der Waals surface area contributed by atoms with Crippen molar-refractivity contribution in [3.8, 4) is 5.69 Å². The lowest BCUT2D eigenvalue weighted by Crippen LogP contribution is -1.94. The number of hydrogen-bond donors (Lipinski definition) is 0. The van der Waals surface area contributed by atoms with Crippen molar-refractivity contribution in [1.82, 2.24) is 15.0 Å². The predicted molar refractivity (Wildman–Crippen MR) is 54.0 cm³/mol. The molecule has 0 atom stereocenters. The molecular formula is C9H6BrF2N3. The minimum atomic E-state index is -2.59. The molecule has 2 rings (SSSR count). The fourth-order valence-electron chi connectivity index (χ4n) is 1.12. The maximum Gasteiger partial charge on any atom is 0.283 e. The van der Waals surface area contributed by atoms with Crippen molar-refractivity contribution in [3.63, 3.8) is 0 Å². The van der Waals surface area contributed by atoms with E-state index >= 15 is 0 Å². The highest BCUT2D eigenvalue weighted by Gasteiger charge is 2.12. The van der Waals surface area contributed by atoms with E-state index in [9.17, 15) is 8.78 Å². The third-order valence-corrected chi connectivity index (χ3v) is 2.30. The molecule has 6 heteroatoms. The molecule has 2 aromatic rings. The van der Waals surface area contributed by atoms with Crippen molar-refractivity contribution in [1.29, 1.82) is 0 Å². The lowest BCUT2D eigenvalue weighted by molar-refractivity contribution is 0.146. The van der Waals surface area contributed by atoms with E-state index in [4.69, 9.17) is 0 Å². The summed E-state index contributed by atoms with van der Waals surface area (Å²) in [4.78, 5) is 0. The molecule has 0 saturated carbocycles. The summed E-state index contributed by atoms with van der Waals surface area (Å²) < 4.78 is 26.7. The molecule has 0 radical (unpaired) electrons. The van der Waals surface area contributed by atoms with E-state index in [1.54, 1.807) is 18.2 Å². The molecule has 0 saturated heterocycles. The standard InChI is InChI=1S/C9H6BrF2N3/c10-6-2-1-3-7(4-6)15-5-8(9(11)12)13-14-15/h1-5,9H. The molecule has 0 N–H and O–H groups in total. The van der Waals surface area contributed by atoms with E-state index in [2.05, 4.69) is 26.2 Å². The third kappa shape index (κ3) is 2.20. The molecule has 0 bridgehead atoms. The summed E-state index contributed by atoms with van der Waals surface area (Å²) in [7, 11) is 0. The second-order valence-corrected chi connectivity index (χ2v) is 3.78. The first-order valence-corrected chi connectivity index (χ1v) is 4.92. The summed E-state index contributed by atoms with van der Waals surface area (Å²) in [6, 6.07) is 7.16. The van der Waals surface area contributed by atoms with Crippen molar-refractivity contribution in [2.45, 2.75) is 6.43 Å². The van der Waals surface area contributed by atoms with Crippen LogP contribution >= 0.6 is 15.9 Å². The fraction of sp³-hybridized carbons (Fsp3) is 0.111. The number of hydrogen-bond acceptors (Lipinski definition) is 2. The Morgan fingerprint density at radius 3 is 2.73 bits per heavy atom. The van der Waals surface area contributed by atoms with Gasteiger partial charge < -0.3 is 0 Å². The highest BCUT2D eigenvalue weighted by molar-refractivity contribution is 9.10. The van der Waals surface area contributed by atoms with Crippen LogP contribution in [0.25, 0.3) is 5.69 Å². The monoisotopic (exact) mass is 273 g/mol. The lowest BCUT2D eigenvalue weighted by Gasteiger charge is -1.99. The van der Waals surface area contributed by atoms with Crippen LogP contribution in [-0.4, -0.2) is 15.0 Å². The Labute approximate surface area is 92.8 Å². The molecule has 0 aliphatic carbocycles. The van der Waals surface area contributed by atoms with Crippen molar-refractivity contribution in [2.75, 3.05) is 0 Å². The Hall–Kier alpha value is -1.30. The zero-order chi connectivity index (χ0) is 10.8. The van der Waals surface area contributed by atoms with E-state index in [1.165, 1.54) is 10.9 Å². The molecule has 0 amide bonds. The molecule has 1 aromatic carbocycles. The smallest absolute Gasteiger partial charge is 0.220 e. The van der Waals surface area contributed by atoms with E-state index in [0.29, 0.717) is 5.69 Å². The number of nitrogens with zero attached hydrogens (tertiary/aromatic N) is 3. The van der Waals surface area contributed by atoms with Crippen molar-refractivity contribution in [3.05, 3.63) is 40.6 Å². The zero-order valence-corrected chi connectivity index (χ0v) is 9.03.